The van der Waals surface area contributed by atoms with E-state index < -0.39 is 11.9 Å². The van der Waals surface area contributed by atoms with Gasteiger partial charge in [-0.25, -0.2) is 4.39 Å². The van der Waals surface area contributed by atoms with Gasteiger partial charge in [0.15, 0.2) is 0 Å². The number of aromatic nitrogens is 1. The van der Waals surface area contributed by atoms with Gasteiger partial charge in [0.1, 0.15) is 11.6 Å². The Kier molecular flexibility index (Phi) is 3.79. The third-order valence-electron chi connectivity index (χ3n) is 2.63. The van der Waals surface area contributed by atoms with Crippen molar-refractivity contribution in [2.45, 2.75) is 6.04 Å². The van der Waals surface area contributed by atoms with Crippen LogP contribution in [0.3, 0.4) is 0 Å². The van der Waals surface area contributed by atoms with Crippen molar-refractivity contribution in [1.82, 2.24) is 4.98 Å². The van der Waals surface area contributed by atoms with Gasteiger partial charge in [-0.2, -0.15) is 0 Å². The fourth-order valence-corrected chi connectivity index (χ4v) is 1.73. The minimum atomic E-state index is -0.486. The van der Waals surface area contributed by atoms with E-state index in [2.05, 4.69) is 4.98 Å². The fourth-order valence-electron chi connectivity index (χ4n) is 1.62. The van der Waals surface area contributed by atoms with Crippen LogP contribution in [0.5, 0.6) is 5.75 Å². The number of ether oxygens (including phenoxy) is 1. The Morgan fingerprint density at radius 3 is 2.72 bits per heavy atom. The van der Waals surface area contributed by atoms with Crippen molar-refractivity contribution in [3.8, 4) is 5.75 Å². The number of benzene rings is 1. The van der Waals surface area contributed by atoms with Crippen LogP contribution in [-0.4, -0.2) is 12.1 Å². The van der Waals surface area contributed by atoms with Crippen molar-refractivity contribution in [3.63, 3.8) is 0 Å². The summed E-state index contributed by atoms with van der Waals surface area (Å²) in [7, 11) is 1.55. The standard InChI is InChI=1S/C13H12ClFN2O/c1-18-10-4-9(6-17-7-10)13(16)8-2-3-11(14)12(15)5-8/h2-7,13H,16H2,1H3. The molecule has 94 valence electrons. The first-order valence-corrected chi connectivity index (χ1v) is 5.69. The first-order chi connectivity index (χ1) is 8.61. The highest BCUT2D eigenvalue weighted by Crippen LogP contribution is 2.25. The molecule has 0 aliphatic carbocycles. The largest absolute Gasteiger partial charge is 0.495 e. The van der Waals surface area contributed by atoms with Gasteiger partial charge in [0.05, 0.1) is 24.4 Å². The van der Waals surface area contributed by atoms with Crippen LogP contribution in [-0.2, 0) is 0 Å². The molecular weight excluding hydrogens is 255 g/mol. The molecule has 0 radical (unpaired) electrons. The van der Waals surface area contributed by atoms with Gasteiger partial charge in [-0.05, 0) is 29.3 Å². The average molecular weight is 267 g/mol. The molecule has 1 unspecified atom stereocenters. The molecule has 2 rings (SSSR count). The smallest absolute Gasteiger partial charge is 0.142 e. The summed E-state index contributed by atoms with van der Waals surface area (Å²) in [6, 6.07) is 5.80. The van der Waals surface area contributed by atoms with Gasteiger partial charge in [0, 0.05) is 6.20 Å². The lowest BCUT2D eigenvalue weighted by Gasteiger charge is -2.13. The van der Waals surface area contributed by atoms with Crippen LogP contribution < -0.4 is 10.5 Å². The van der Waals surface area contributed by atoms with Gasteiger partial charge in [-0.3, -0.25) is 4.98 Å². The molecule has 0 aliphatic rings. The molecule has 0 saturated carbocycles. The molecule has 1 aromatic heterocycles. The molecule has 0 fully saturated rings. The average Bonchev–Trinajstić information content (AvgIpc) is 2.41. The van der Waals surface area contributed by atoms with E-state index in [0.717, 1.165) is 5.56 Å². The number of pyridine rings is 1. The lowest BCUT2D eigenvalue weighted by Crippen LogP contribution is -2.12. The van der Waals surface area contributed by atoms with E-state index in [1.165, 1.54) is 12.1 Å². The van der Waals surface area contributed by atoms with Gasteiger partial charge in [0.25, 0.3) is 0 Å². The van der Waals surface area contributed by atoms with E-state index in [-0.39, 0.29) is 5.02 Å². The molecular formula is C13H12ClFN2O. The molecule has 0 spiro atoms. The summed E-state index contributed by atoms with van der Waals surface area (Å²) in [5.41, 5.74) is 7.43. The van der Waals surface area contributed by atoms with Gasteiger partial charge in [-0.1, -0.05) is 17.7 Å². The molecule has 1 aromatic carbocycles. The van der Waals surface area contributed by atoms with Gasteiger partial charge < -0.3 is 10.5 Å². The fraction of sp³-hybridized carbons (Fsp3) is 0.154. The van der Waals surface area contributed by atoms with Crippen LogP contribution in [0.2, 0.25) is 5.02 Å². The number of nitrogens with zero attached hydrogens (tertiary/aromatic N) is 1. The number of methoxy groups -OCH3 is 1. The topological polar surface area (TPSA) is 48.1 Å². The highest BCUT2D eigenvalue weighted by Gasteiger charge is 2.12. The molecule has 2 N–H and O–H groups in total. The minimum absolute atomic E-state index is 0.0784. The maximum absolute atomic E-state index is 13.4. The number of nitrogens with two attached hydrogens (primary N) is 1. The Hall–Kier alpha value is -1.65. The van der Waals surface area contributed by atoms with Gasteiger partial charge in [0.2, 0.25) is 0 Å². The summed E-state index contributed by atoms with van der Waals surface area (Å²) < 4.78 is 18.4. The third-order valence-corrected chi connectivity index (χ3v) is 2.94. The predicted molar refractivity (Wildman–Crippen MR) is 68.2 cm³/mol. The highest BCUT2D eigenvalue weighted by molar-refractivity contribution is 6.30. The molecule has 0 saturated heterocycles. The molecule has 0 aliphatic heterocycles. The van der Waals surface area contributed by atoms with Crippen LogP contribution in [0.25, 0.3) is 0 Å². The number of rotatable bonds is 3. The Morgan fingerprint density at radius 1 is 1.28 bits per heavy atom. The van der Waals surface area contributed by atoms with Gasteiger partial charge >= 0.3 is 0 Å². The lowest BCUT2D eigenvalue weighted by molar-refractivity contribution is 0.412. The molecule has 0 amide bonds. The van der Waals surface area contributed by atoms with Crippen molar-refractivity contribution < 1.29 is 9.13 Å². The van der Waals surface area contributed by atoms with E-state index in [1.807, 2.05) is 0 Å². The normalized spacial score (nSPS) is 12.2. The molecule has 18 heavy (non-hydrogen) atoms. The first-order valence-electron chi connectivity index (χ1n) is 5.31. The Labute approximate surface area is 109 Å². The van der Waals surface area contributed by atoms with Crippen LogP contribution in [0, 0.1) is 5.82 Å². The van der Waals surface area contributed by atoms with E-state index >= 15 is 0 Å². The maximum atomic E-state index is 13.4. The number of hydrogen-bond donors (Lipinski definition) is 1. The van der Waals surface area contributed by atoms with Crippen LogP contribution >= 0.6 is 11.6 Å². The SMILES string of the molecule is COc1cncc(C(N)c2ccc(Cl)c(F)c2)c1. The van der Waals surface area contributed by atoms with Crippen molar-refractivity contribution in [3.05, 3.63) is 58.6 Å². The summed E-state index contributed by atoms with van der Waals surface area (Å²) in [6.45, 7) is 0. The second-order valence-corrected chi connectivity index (χ2v) is 4.22. The summed E-state index contributed by atoms with van der Waals surface area (Å²) in [5.74, 6) is 0.123. The van der Waals surface area contributed by atoms with Crippen LogP contribution in [0.15, 0.2) is 36.7 Å². The predicted octanol–water partition coefficient (Wildman–Crippen LogP) is 2.93. The van der Waals surface area contributed by atoms with Crippen molar-refractivity contribution in [2.75, 3.05) is 7.11 Å². The Balaban J connectivity index is 2.34. The summed E-state index contributed by atoms with van der Waals surface area (Å²) in [6.07, 6.45) is 3.21. The molecule has 3 nitrogen and oxygen atoms in total. The van der Waals surface area contributed by atoms with Crippen molar-refractivity contribution in [1.29, 1.82) is 0 Å². The van der Waals surface area contributed by atoms with Crippen LogP contribution in [0.1, 0.15) is 17.2 Å². The quantitative estimate of drug-likeness (QED) is 0.929. The molecule has 0 bridgehead atoms. The molecule has 5 heteroatoms. The van der Waals surface area contributed by atoms with Crippen LogP contribution in [0.4, 0.5) is 4.39 Å². The third kappa shape index (κ3) is 2.60. The van der Waals surface area contributed by atoms with E-state index in [9.17, 15) is 4.39 Å². The molecule has 1 heterocycles. The number of halogens is 2. The van der Waals surface area contributed by atoms with E-state index in [0.29, 0.717) is 11.3 Å². The molecule has 1 atom stereocenters. The lowest BCUT2D eigenvalue weighted by atomic mass is 10.0. The monoisotopic (exact) mass is 266 g/mol. The van der Waals surface area contributed by atoms with Crippen molar-refractivity contribution in [2.24, 2.45) is 5.73 Å². The number of hydrogen-bond acceptors (Lipinski definition) is 3. The zero-order chi connectivity index (χ0) is 13.1. The maximum Gasteiger partial charge on any atom is 0.142 e. The summed E-state index contributed by atoms with van der Waals surface area (Å²) in [5, 5.41) is 0.0784. The highest BCUT2D eigenvalue weighted by atomic mass is 35.5. The first kappa shape index (κ1) is 12.8. The Bertz CT molecular complexity index is 562. The van der Waals surface area contributed by atoms with E-state index in [4.69, 9.17) is 22.1 Å². The Morgan fingerprint density at radius 2 is 2.06 bits per heavy atom. The second-order valence-electron chi connectivity index (χ2n) is 3.81. The second kappa shape index (κ2) is 5.33. The summed E-state index contributed by atoms with van der Waals surface area (Å²) >= 11 is 5.63. The summed E-state index contributed by atoms with van der Waals surface area (Å²) in [4.78, 5) is 4.02. The minimum Gasteiger partial charge on any atom is -0.495 e. The van der Waals surface area contributed by atoms with Crippen molar-refractivity contribution >= 4 is 11.6 Å². The van der Waals surface area contributed by atoms with Gasteiger partial charge in [-0.15, -0.1) is 0 Å². The molecule has 2 aromatic rings. The van der Waals surface area contributed by atoms with E-state index in [1.54, 1.807) is 31.6 Å². The zero-order valence-corrected chi connectivity index (χ0v) is 10.5. The zero-order valence-electron chi connectivity index (χ0n) is 9.73.